The minimum atomic E-state index is 0.458. The summed E-state index contributed by atoms with van der Waals surface area (Å²) >= 11 is 1.77. The summed E-state index contributed by atoms with van der Waals surface area (Å²) in [6, 6.07) is 2.08. The molecular weight excluding hydrogens is 170 g/mol. The van der Waals surface area contributed by atoms with Crippen molar-refractivity contribution in [3.8, 4) is 0 Å². The van der Waals surface area contributed by atoms with Gasteiger partial charge in [-0.1, -0.05) is 6.92 Å². The molecule has 68 valence electrons. The van der Waals surface area contributed by atoms with E-state index in [1.54, 1.807) is 11.8 Å². The van der Waals surface area contributed by atoms with E-state index < -0.39 is 0 Å². The predicted octanol–water partition coefficient (Wildman–Crippen LogP) is 1.17. The molecule has 3 nitrogen and oxygen atoms in total. The maximum absolute atomic E-state index is 5.53. The first-order valence-electron chi connectivity index (χ1n) is 4.01. The normalized spacial score (nSPS) is 13.3. The number of nitrogens with zero attached hydrogens (tertiary/aromatic N) is 2. The van der Waals surface area contributed by atoms with Gasteiger partial charge in [0.1, 0.15) is 0 Å². The van der Waals surface area contributed by atoms with Crippen LogP contribution in [0.1, 0.15) is 12.6 Å². The summed E-state index contributed by atoms with van der Waals surface area (Å²) in [7, 11) is 1.96. The highest BCUT2D eigenvalue weighted by molar-refractivity contribution is 7.99. The summed E-state index contributed by atoms with van der Waals surface area (Å²) in [5, 5.41) is 5.90. The molecule has 1 heterocycles. The van der Waals surface area contributed by atoms with Crippen molar-refractivity contribution in [2.45, 2.75) is 24.1 Å². The average Bonchev–Trinajstić information content (AvgIpc) is 2.30. The Morgan fingerprint density at radius 2 is 2.42 bits per heavy atom. The quantitative estimate of drug-likeness (QED) is 0.719. The fraction of sp³-hybridized carbons (Fsp3) is 0.625. The fourth-order valence-corrected chi connectivity index (χ4v) is 1.89. The van der Waals surface area contributed by atoms with E-state index in [4.69, 9.17) is 5.73 Å². The van der Waals surface area contributed by atoms with Gasteiger partial charge >= 0.3 is 0 Å². The molecule has 0 spiro atoms. The zero-order chi connectivity index (χ0) is 9.14. The van der Waals surface area contributed by atoms with Gasteiger partial charge in [-0.25, -0.2) is 0 Å². The van der Waals surface area contributed by atoms with Crippen molar-refractivity contribution in [2.24, 2.45) is 12.8 Å². The summed E-state index contributed by atoms with van der Waals surface area (Å²) < 4.78 is 1.90. The molecule has 0 fully saturated rings. The maximum Gasteiger partial charge on any atom is 0.0942 e. The first kappa shape index (κ1) is 9.61. The van der Waals surface area contributed by atoms with Gasteiger partial charge in [-0.15, -0.1) is 11.8 Å². The molecule has 1 atom stereocenters. The summed E-state index contributed by atoms with van der Waals surface area (Å²) in [4.78, 5) is 0. The standard InChI is InChI=1S/C8H15N3S/c1-6-4-8(11(3)10-6)12-7(2)5-9/h4,7H,5,9H2,1-3H3. The van der Waals surface area contributed by atoms with Crippen molar-refractivity contribution >= 4 is 11.8 Å². The Hall–Kier alpha value is -0.480. The molecule has 0 amide bonds. The minimum absolute atomic E-state index is 0.458. The molecule has 0 aliphatic carbocycles. The first-order valence-corrected chi connectivity index (χ1v) is 4.89. The Labute approximate surface area is 77.3 Å². The van der Waals surface area contributed by atoms with Gasteiger partial charge in [0.15, 0.2) is 0 Å². The van der Waals surface area contributed by atoms with Crippen LogP contribution in [0.15, 0.2) is 11.1 Å². The van der Waals surface area contributed by atoms with E-state index >= 15 is 0 Å². The van der Waals surface area contributed by atoms with Crippen LogP contribution in [-0.2, 0) is 7.05 Å². The lowest BCUT2D eigenvalue weighted by Crippen LogP contribution is -2.12. The molecule has 4 heteroatoms. The molecule has 1 aromatic rings. The molecule has 0 radical (unpaired) electrons. The van der Waals surface area contributed by atoms with Crippen molar-refractivity contribution in [1.29, 1.82) is 0 Å². The van der Waals surface area contributed by atoms with Gasteiger partial charge in [0.05, 0.1) is 10.7 Å². The molecule has 12 heavy (non-hydrogen) atoms. The van der Waals surface area contributed by atoms with Crippen molar-refractivity contribution in [2.75, 3.05) is 6.54 Å². The van der Waals surface area contributed by atoms with Crippen LogP contribution in [0.25, 0.3) is 0 Å². The Balaban J connectivity index is 2.68. The Bertz CT molecular complexity index is 257. The van der Waals surface area contributed by atoms with Crippen LogP contribution >= 0.6 is 11.8 Å². The SMILES string of the molecule is Cc1cc(SC(C)CN)n(C)n1. The van der Waals surface area contributed by atoms with E-state index in [2.05, 4.69) is 18.1 Å². The molecule has 0 aliphatic rings. The second-order valence-corrected chi connectivity index (χ2v) is 4.37. The minimum Gasteiger partial charge on any atom is -0.329 e. The van der Waals surface area contributed by atoms with Crippen LogP contribution < -0.4 is 5.73 Å². The summed E-state index contributed by atoms with van der Waals surface area (Å²) in [5.41, 5.74) is 6.59. The van der Waals surface area contributed by atoms with E-state index in [1.807, 2.05) is 18.7 Å². The summed E-state index contributed by atoms with van der Waals surface area (Å²) in [6.07, 6.45) is 0. The molecule has 0 aliphatic heterocycles. The van der Waals surface area contributed by atoms with Crippen LogP contribution in [0.5, 0.6) is 0 Å². The van der Waals surface area contributed by atoms with Gasteiger partial charge in [0.25, 0.3) is 0 Å². The molecule has 1 unspecified atom stereocenters. The molecule has 2 N–H and O–H groups in total. The van der Waals surface area contributed by atoms with Gasteiger partial charge in [-0.2, -0.15) is 5.10 Å². The molecule has 1 rings (SSSR count). The zero-order valence-corrected chi connectivity index (χ0v) is 8.56. The third kappa shape index (κ3) is 2.25. The number of nitrogens with two attached hydrogens (primary N) is 1. The van der Waals surface area contributed by atoms with E-state index in [1.165, 1.54) is 5.03 Å². The summed E-state index contributed by atoms with van der Waals surface area (Å²) in [5.74, 6) is 0. The van der Waals surface area contributed by atoms with Crippen molar-refractivity contribution in [3.63, 3.8) is 0 Å². The molecule has 1 aromatic heterocycles. The number of hydrogen-bond acceptors (Lipinski definition) is 3. The Morgan fingerprint density at radius 3 is 2.83 bits per heavy atom. The average molecular weight is 185 g/mol. The smallest absolute Gasteiger partial charge is 0.0942 e. The van der Waals surface area contributed by atoms with Gasteiger partial charge in [-0.05, 0) is 13.0 Å². The first-order chi connectivity index (χ1) is 5.63. The van der Waals surface area contributed by atoms with E-state index in [0.717, 1.165) is 5.69 Å². The third-order valence-corrected chi connectivity index (χ3v) is 2.83. The number of aryl methyl sites for hydroxylation is 2. The van der Waals surface area contributed by atoms with Crippen LogP contribution in [0.2, 0.25) is 0 Å². The zero-order valence-electron chi connectivity index (χ0n) is 7.74. The monoisotopic (exact) mass is 185 g/mol. The second-order valence-electron chi connectivity index (χ2n) is 2.91. The molecule has 0 aromatic carbocycles. The highest BCUT2D eigenvalue weighted by Crippen LogP contribution is 2.22. The van der Waals surface area contributed by atoms with Crippen molar-refractivity contribution in [1.82, 2.24) is 9.78 Å². The van der Waals surface area contributed by atoms with Crippen LogP contribution in [0.4, 0.5) is 0 Å². The van der Waals surface area contributed by atoms with Crippen LogP contribution in [0, 0.1) is 6.92 Å². The number of rotatable bonds is 3. The van der Waals surface area contributed by atoms with Gasteiger partial charge < -0.3 is 5.73 Å². The lowest BCUT2D eigenvalue weighted by atomic mass is 10.5. The number of hydrogen-bond donors (Lipinski definition) is 1. The van der Waals surface area contributed by atoms with E-state index in [-0.39, 0.29) is 0 Å². The third-order valence-electron chi connectivity index (χ3n) is 1.61. The molecular formula is C8H15N3S. The highest BCUT2D eigenvalue weighted by atomic mass is 32.2. The Morgan fingerprint density at radius 1 is 1.75 bits per heavy atom. The van der Waals surface area contributed by atoms with Crippen molar-refractivity contribution in [3.05, 3.63) is 11.8 Å². The predicted molar refractivity (Wildman–Crippen MR) is 52.3 cm³/mol. The van der Waals surface area contributed by atoms with Crippen LogP contribution in [0.3, 0.4) is 0 Å². The highest BCUT2D eigenvalue weighted by Gasteiger charge is 2.06. The van der Waals surface area contributed by atoms with Gasteiger partial charge in [0, 0.05) is 18.8 Å². The van der Waals surface area contributed by atoms with Gasteiger partial charge in [0.2, 0.25) is 0 Å². The Kier molecular flexibility index (Phi) is 3.17. The largest absolute Gasteiger partial charge is 0.329 e. The van der Waals surface area contributed by atoms with E-state index in [9.17, 15) is 0 Å². The topological polar surface area (TPSA) is 43.8 Å². The lowest BCUT2D eigenvalue weighted by molar-refractivity contribution is 0.690. The fourth-order valence-electron chi connectivity index (χ4n) is 0.951. The van der Waals surface area contributed by atoms with Crippen LogP contribution in [-0.4, -0.2) is 21.6 Å². The maximum atomic E-state index is 5.53. The number of aromatic nitrogens is 2. The van der Waals surface area contributed by atoms with E-state index in [0.29, 0.717) is 11.8 Å². The molecule has 0 saturated heterocycles. The lowest BCUT2D eigenvalue weighted by Gasteiger charge is -2.06. The number of thioether (sulfide) groups is 1. The van der Waals surface area contributed by atoms with Crippen molar-refractivity contribution < 1.29 is 0 Å². The van der Waals surface area contributed by atoms with Gasteiger partial charge in [-0.3, -0.25) is 4.68 Å². The molecule has 0 bridgehead atoms. The molecule has 0 saturated carbocycles. The summed E-state index contributed by atoms with van der Waals surface area (Å²) in [6.45, 7) is 4.82. The second kappa shape index (κ2) is 3.96.